The molecular formula is C21H20FN3O4S2. The minimum Gasteiger partial charge on any atom is -0.366 e. The molecule has 0 aliphatic rings. The van der Waals surface area contributed by atoms with Crippen molar-refractivity contribution in [1.29, 1.82) is 0 Å². The van der Waals surface area contributed by atoms with E-state index in [0.717, 1.165) is 10.9 Å². The molecule has 0 radical (unpaired) electrons. The number of carbonyl (C=O) groups is 2. The summed E-state index contributed by atoms with van der Waals surface area (Å²) < 4.78 is 41.4. The van der Waals surface area contributed by atoms with Crippen LogP contribution < -0.4 is 15.8 Å². The van der Waals surface area contributed by atoms with Gasteiger partial charge in [0.15, 0.2) is 0 Å². The number of hydrogen-bond acceptors (Lipinski definition) is 5. The fraction of sp³-hybridized carbons (Fsp3) is 0.143. The topological polar surface area (TPSA) is 118 Å². The summed E-state index contributed by atoms with van der Waals surface area (Å²) in [6, 6.07) is 11.5. The van der Waals surface area contributed by atoms with E-state index in [9.17, 15) is 22.4 Å². The molecule has 0 fully saturated rings. The molecule has 0 bridgehead atoms. The normalized spacial score (nSPS) is 11.3. The molecule has 3 aromatic rings. The highest BCUT2D eigenvalue weighted by Crippen LogP contribution is 2.22. The second-order valence-electron chi connectivity index (χ2n) is 6.70. The molecule has 2 aromatic carbocycles. The van der Waals surface area contributed by atoms with Crippen LogP contribution in [0.25, 0.3) is 0 Å². The number of nitrogens with two attached hydrogens (primary N) is 1. The van der Waals surface area contributed by atoms with E-state index < -0.39 is 27.7 Å². The number of primary amides is 1. The van der Waals surface area contributed by atoms with Gasteiger partial charge in [-0.15, -0.1) is 11.3 Å². The zero-order valence-corrected chi connectivity index (χ0v) is 18.1. The van der Waals surface area contributed by atoms with Crippen LogP contribution in [0.4, 0.5) is 10.1 Å². The van der Waals surface area contributed by atoms with Gasteiger partial charge in [0.2, 0.25) is 15.9 Å². The van der Waals surface area contributed by atoms with Crippen molar-refractivity contribution in [2.45, 2.75) is 18.2 Å². The molecular weight excluding hydrogens is 441 g/mol. The second-order valence-corrected chi connectivity index (χ2v) is 9.50. The van der Waals surface area contributed by atoms with E-state index in [-0.39, 0.29) is 33.8 Å². The number of nitrogens with one attached hydrogen (secondary N) is 2. The molecule has 0 saturated heterocycles. The number of carbonyl (C=O) groups excluding carboxylic acids is 2. The highest BCUT2D eigenvalue weighted by atomic mass is 32.2. The van der Waals surface area contributed by atoms with Gasteiger partial charge in [0.1, 0.15) is 5.82 Å². The van der Waals surface area contributed by atoms with Crippen LogP contribution in [0.15, 0.2) is 58.8 Å². The van der Waals surface area contributed by atoms with Crippen molar-refractivity contribution in [3.05, 3.63) is 81.3 Å². The molecule has 10 heteroatoms. The Morgan fingerprint density at radius 1 is 1.10 bits per heavy atom. The standard InChI is InChI=1S/C21H20FN3O4S2/c1-13-18(22)11-15(20(23)26)12-19(13)25-21(27)14-4-6-17(7-5-14)31(28,29)24-9-8-16-3-2-10-30-16/h2-7,10-12,24H,8-9H2,1H3,(H2,23,26)(H,25,27). The first-order valence-corrected chi connectivity index (χ1v) is 11.6. The van der Waals surface area contributed by atoms with Gasteiger partial charge in [-0.2, -0.15) is 0 Å². The lowest BCUT2D eigenvalue weighted by Crippen LogP contribution is -2.26. The molecule has 0 aliphatic heterocycles. The van der Waals surface area contributed by atoms with Crippen LogP contribution in [0.1, 0.15) is 31.2 Å². The predicted molar refractivity (Wildman–Crippen MR) is 117 cm³/mol. The lowest BCUT2D eigenvalue weighted by Gasteiger charge is -2.11. The molecule has 162 valence electrons. The van der Waals surface area contributed by atoms with Crippen LogP contribution in [0.3, 0.4) is 0 Å². The average molecular weight is 462 g/mol. The first-order valence-electron chi connectivity index (χ1n) is 9.21. The molecule has 1 heterocycles. The number of rotatable bonds is 8. The number of sulfonamides is 1. The van der Waals surface area contributed by atoms with E-state index in [0.29, 0.717) is 6.42 Å². The summed E-state index contributed by atoms with van der Waals surface area (Å²) in [7, 11) is -3.72. The maximum absolute atomic E-state index is 14.0. The van der Waals surface area contributed by atoms with Crippen molar-refractivity contribution in [2.75, 3.05) is 11.9 Å². The lowest BCUT2D eigenvalue weighted by molar-refractivity contribution is 0.0995. The zero-order valence-electron chi connectivity index (χ0n) is 16.5. The van der Waals surface area contributed by atoms with Crippen LogP contribution in [0.5, 0.6) is 0 Å². The smallest absolute Gasteiger partial charge is 0.255 e. The van der Waals surface area contributed by atoms with E-state index >= 15 is 0 Å². The summed E-state index contributed by atoms with van der Waals surface area (Å²) in [5.41, 5.74) is 5.52. The van der Waals surface area contributed by atoms with Gasteiger partial charge in [-0.05, 0) is 61.2 Å². The summed E-state index contributed by atoms with van der Waals surface area (Å²) in [5.74, 6) is -2.09. The summed E-state index contributed by atoms with van der Waals surface area (Å²) in [6.45, 7) is 1.71. The Morgan fingerprint density at radius 3 is 2.42 bits per heavy atom. The molecule has 0 saturated carbocycles. The monoisotopic (exact) mass is 461 g/mol. The summed E-state index contributed by atoms with van der Waals surface area (Å²) in [4.78, 5) is 24.9. The van der Waals surface area contributed by atoms with Gasteiger partial charge in [-0.3, -0.25) is 9.59 Å². The third kappa shape index (κ3) is 5.54. The maximum atomic E-state index is 14.0. The molecule has 3 rings (SSSR count). The first kappa shape index (κ1) is 22.6. The Morgan fingerprint density at radius 2 is 1.81 bits per heavy atom. The third-order valence-electron chi connectivity index (χ3n) is 4.55. The van der Waals surface area contributed by atoms with E-state index in [1.165, 1.54) is 37.3 Å². The average Bonchev–Trinajstić information content (AvgIpc) is 3.24. The number of benzene rings is 2. The predicted octanol–water partition coefficient (Wildman–Crippen LogP) is 3.07. The maximum Gasteiger partial charge on any atom is 0.255 e. The fourth-order valence-corrected chi connectivity index (χ4v) is 4.52. The Labute approximate surface area is 183 Å². The van der Waals surface area contributed by atoms with Crippen molar-refractivity contribution in [3.63, 3.8) is 0 Å². The number of anilines is 1. The fourth-order valence-electron chi connectivity index (χ4n) is 2.78. The molecule has 0 aliphatic carbocycles. The van der Waals surface area contributed by atoms with Crippen LogP contribution in [0, 0.1) is 12.7 Å². The Balaban J connectivity index is 1.69. The number of halogens is 1. The van der Waals surface area contributed by atoms with Gasteiger partial charge in [0, 0.05) is 33.8 Å². The van der Waals surface area contributed by atoms with Crippen molar-refractivity contribution >= 4 is 38.9 Å². The number of hydrogen-bond donors (Lipinski definition) is 3. The van der Waals surface area contributed by atoms with Gasteiger partial charge >= 0.3 is 0 Å². The molecule has 7 nitrogen and oxygen atoms in total. The minimum absolute atomic E-state index is 0.0215. The van der Waals surface area contributed by atoms with Gasteiger partial charge in [-0.25, -0.2) is 17.5 Å². The van der Waals surface area contributed by atoms with Gasteiger partial charge in [0.05, 0.1) is 4.90 Å². The van der Waals surface area contributed by atoms with Gasteiger partial charge in [-0.1, -0.05) is 6.07 Å². The van der Waals surface area contributed by atoms with Crippen LogP contribution in [-0.4, -0.2) is 26.8 Å². The van der Waals surface area contributed by atoms with Gasteiger partial charge in [0.25, 0.3) is 5.91 Å². The minimum atomic E-state index is -3.72. The number of amides is 2. The van der Waals surface area contributed by atoms with Gasteiger partial charge < -0.3 is 11.1 Å². The summed E-state index contributed by atoms with van der Waals surface area (Å²) in [6.07, 6.45) is 0.581. The summed E-state index contributed by atoms with van der Waals surface area (Å²) >= 11 is 1.55. The highest BCUT2D eigenvalue weighted by molar-refractivity contribution is 7.89. The third-order valence-corrected chi connectivity index (χ3v) is 6.96. The molecule has 1 aromatic heterocycles. The zero-order chi connectivity index (χ0) is 22.6. The van der Waals surface area contributed by atoms with Crippen LogP contribution >= 0.6 is 11.3 Å². The number of thiophene rings is 1. The largest absolute Gasteiger partial charge is 0.366 e. The second kappa shape index (κ2) is 9.38. The van der Waals surface area contributed by atoms with Crippen molar-refractivity contribution < 1.29 is 22.4 Å². The van der Waals surface area contributed by atoms with E-state index in [2.05, 4.69) is 10.0 Å². The first-order chi connectivity index (χ1) is 14.7. The SMILES string of the molecule is Cc1c(F)cc(C(N)=O)cc1NC(=O)c1ccc(S(=O)(=O)NCCc2cccs2)cc1. The van der Waals surface area contributed by atoms with Crippen LogP contribution in [0.2, 0.25) is 0 Å². The molecule has 31 heavy (non-hydrogen) atoms. The summed E-state index contributed by atoms with van der Waals surface area (Å²) in [5, 5.41) is 4.44. The van der Waals surface area contributed by atoms with E-state index in [1.807, 2.05) is 17.5 Å². The van der Waals surface area contributed by atoms with E-state index in [1.54, 1.807) is 11.3 Å². The lowest BCUT2D eigenvalue weighted by atomic mass is 10.1. The van der Waals surface area contributed by atoms with Crippen molar-refractivity contribution in [2.24, 2.45) is 5.73 Å². The molecule has 0 unspecified atom stereocenters. The molecule has 0 atom stereocenters. The van der Waals surface area contributed by atoms with E-state index in [4.69, 9.17) is 5.73 Å². The molecule has 4 N–H and O–H groups in total. The Hall–Kier alpha value is -3.08. The molecule has 0 spiro atoms. The molecule has 2 amide bonds. The Kier molecular flexibility index (Phi) is 6.84. The quantitative estimate of drug-likeness (QED) is 0.478. The van der Waals surface area contributed by atoms with Crippen molar-refractivity contribution in [3.8, 4) is 0 Å². The highest BCUT2D eigenvalue weighted by Gasteiger charge is 2.16. The van der Waals surface area contributed by atoms with Crippen molar-refractivity contribution in [1.82, 2.24) is 4.72 Å². The van der Waals surface area contributed by atoms with Crippen LogP contribution in [-0.2, 0) is 16.4 Å². The Bertz CT molecular complexity index is 1210.